The first kappa shape index (κ1) is 24.0. The largest absolute Gasteiger partial charge is 0.358 e. The smallest absolute Gasteiger partial charge is 0.242 e. The van der Waals surface area contributed by atoms with E-state index >= 15 is 0 Å². The Kier molecular flexibility index (Phi) is 7.27. The van der Waals surface area contributed by atoms with Gasteiger partial charge in [0.15, 0.2) is 5.11 Å². The van der Waals surface area contributed by atoms with Crippen LogP contribution in [0.25, 0.3) is 0 Å². The standard InChI is InChI=1S/C26H33ClN4OS/c1-19-17-26(2,3)28-25(33)31(19)18-23(32)29-13-15-30(16-14-29)24(20-7-5-4-6-8-20)21-9-11-22(27)12-10-21/h4-12,19,24H,13-18H2,1-3H3,(H,28,33)/t19-,24+/m0/s1. The number of benzene rings is 2. The maximum absolute atomic E-state index is 13.1. The molecule has 7 heteroatoms. The molecule has 2 atom stereocenters. The zero-order valence-corrected chi connectivity index (χ0v) is 21.2. The Morgan fingerprint density at radius 3 is 2.27 bits per heavy atom. The Morgan fingerprint density at radius 2 is 1.67 bits per heavy atom. The Labute approximate surface area is 207 Å². The van der Waals surface area contributed by atoms with Crippen molar-refractivity contribution in [3.05, 3.63) is 70.7 Å². The van der Waals surface area contributed by atoms with Crippen molar-refractivity contribution in [3.63, 3.8) is 0 Å². The fraction of sp³-hybridized carbons (Fsp3) is 0.462. The molecule has 176 valence electrons. The Hall–Kier alpha value is -2.15. The van der Waals surface area contributed by atoms with Crippen molar-refractivity contribution < 1.29 is 4.79 Å². The number of amides is 1. The number of nitrogens with one attached hydrogen (secondary N) is 1. The molecule has 0 aliphatic carbocycles. The van der Waals surface area contributed by atoms with E-state index in [0.29, 0.717) is 24.7 Å². The van der Waals surface area contributed by atoms with Gasteiger partial charge in [-0.1, -0.05) is 54.1 Å². The lowest BCUT2D eigenvalue weighted by atomic mass is 9.93. The van der Waals surface area contributed by atoms with Crippen LogP contribution in [0, 0.1) is 0 Å². The van der Waals surface area contributed by atoms with E-state index in [4.69, 9.17) is 23.8 Å². The molecule has 0 radical (unpaired) electrons. The first-order valence-electron chi connectivity index (χ1n) is 11.6. The molecule has 2 aliphatic rings. The van der Waals surface area contributed by atoms with Crippen LogP contribution in [0.4, 0.5) is 0 Å². The number of thiocarbonyl (C=S) groups is 1. The third-order valence-electron chi connectivity index (χ3n) is 6.68. The normalized spacial score (nSPS) is 22.1. The molecule has 33 heavy (non-hydrogen) atoms. The number of carbonyl (C=O) groups excluding carboxylic acids is 1. The molecule has 2 aliphatic heterocycles. The third kappa shape index (κ3) is 5.68. The summed E-state index contributed by atoms with van der Waals surface area (Å²) >= 11 is 11.7. The maximum atomic E-state index is 13.1. The van der Waals surface area contributed by atoms with E-state index in [1.54, 1.807) is 0 Å². The van der Waals surface area contributed by atoms with Crippen molar-refractivity contribution >= 4 is 34.8 Å². The molecule has 4 rings (SSSR count). The summed E-state index contributed by atoms with van der Waals surface area (Å²) in [6.07, 6.45) is 0.952. The minimum absolute atomic E-state index is 0.0320. The highest BCUT2D eigenvalue weighted by molar-refractivity contribution is 7.80. The quantitative estimate of drug-likeness (QED) is 0.640. The van der Waals surface area contributed by atoms with E-state index < -0.39 is 0 Å². The van der Waals surface area contributed by atoms with E-state index in [-0.39, 0.29) is 23.5 Å². The summed E-state index contributed by atoms with van der Waals surface area (Å²) in [5, 5.41) is 4.79. The van der Waals surface area contributed by atoms with Gasteiger partial charge in [-0.15, -0.1) is 0 Å². The van der Waals surface area contributed by atoms with Gasteiger partial charge in [-0.05, 0) is 62.7 Å². The van der Waals surface area contributed by atoms with E-state index in [0.717, 1.165) is 24.5 Å². The van der Waals surface area contributed by atoms with Crippen LogP contribution in [0.3, 0.4) is 0 Å². The van der Waals surface area contributed by atoms with Crippen molar-refractivity contribution in [2.75, 3.05) is 32.7 Å². The molecule has 2 heterocycles. The van der Waals surface area contributed by atoms with Gasteiger partial charge in [-0.25, -0.2) is 0 Å². The summed E-state index contributed by atoms with van der Waals surface area (Å²) in [5.41, 5.74) is 2.43. The Bertz CT molecular complexity index is 974. The van der Waals surface area contributed by atoms with Gasteiger partial charge in [0.1, 0.15) is 0 Å². The molecule has 0 spiro atoms. The average Bonchev–Trinajstić information content (AvgIpc) is 2.78. The number of piperazine rings is 1. The van der Waals surface area contributed by atoms with Gasteiger partial charge in [0, 0.05) is 42.8 Å². The summed E-state index contributed by atoms with van der Waals surface area (Å²) in [5.74, 6) is 0.146. The minimum atomic E-state index is -0.0320. The highest BCUT2D eigenvalue weighted by atomic mass is 35.5. The lowest BCUT2D eigenvalue weighted by molar-refractivity contribution is -0.134. The molecular formula is C26H33ClN4OS. The van der Waals surface area contributed by atoms with Gasteiger partial charge in [-0.2, -0.15) is 0 Å². The fourth-order valence-corrected chi connectivity index (χ4v) is 5.71. The van der Waals surface area contributed by atoms with Crippen LogP contribution in [0.15, 0.2) is 54.6 Å². The lowest BCUT2D eigenvalue weighted by Crippen LogP contribution is -2.62. The molecule has 2 fully saturated rings. The van der Waals surface area contributed by atoms with Gasteiger partial charge in [0.05, 0.1) is 12.6 Å². The van der Waals surface area contributed by atoms with E-state index in [1.807, 2.05) is 28.0 Å². The number of rotatable bonds is 5. The van der Waals surface area contributed by atoms with E-state index in [9.17, 15) is 4.79 Å². The molecule has 2 aromatic carbocycles. The van der Waals surface area contributed by atoms with Crippen LogP contribution in [-0.4, -0.2) is 70.0 Å². The zero-order chi connectivity index (χ0) is 23.6. The highest BCUT2D eigenvalue weighted by Gasteiger charge is 2.35. The zero-order valence-electron chi connectivity index (χ0n) is 19.6. The summed E-state index contributed by atoms with van der Waals surface area (Å²) in [4.78, 5) is 19.6. The van der Waals surface area contributed by atoms with Gasteiger partial charge in [0.2, 0.25) is 5.91 Å². The number of halogens is 1. The predicted molar refractivity (Wildman–Crippen MR) is 138 cm³/mol. The minimum Gasteiger partial charge on any atom is -0.358 e. The molecule has 2 aromatic rings. The van der Waals surface area contributed by atoms with Crippen molar-refractivity contribution in [1.29, 1.82) is 0 Å². The lowest BCUT2D eigenvalue weighted by Gasteiger charge is -2.45. The van der Waals surface area contributed by atoms with Crippen LogP contribution < -0.4 is 5.32 Å². The van der Waals surface area contributed by atoms with Crippen LogP contribution in [0.1, 0.15) is 44.4 Å². The summed E-state index contributed by atoms with van der Waals surface area (Å²) in [6, 6.07) is 19.0. The number of nitrogens with zero attached hydrogens (tertiary/aromatic N) is 3. The highest BCUT2D eigenvalue weighted by Crippen LogP contribution is 2.30. The first-order valence-corrected chi connectivity index (χ1v) is 12.4. The van der Waals surface area contributed by atoms with Crippen LogP contribution in [-0.2, 0) is 4.79 Å². The monoisotopic (exact) mass is 484 g/mol. The van der Waals surface area contributed by atoms with Crippen LogP contribution in [0.5, 0.6) is 0 Å². The van der Waals surface area contributed by atoms with Crippen molar-refractivity contribution in [2.45, 2.75) is 44.8 Å². The number of carbonyl (C=O) groups is 1. The summed E-state index contributed by atoms with van der Waals surface area (Å²) in [7, 11) is 0. The molecule has 1 amide bonds. The van der Waals surface area contributed by atoms with Crippen LogP contribution >= 0.6 is 23.8 Å². The predicted octanol–water partition coefficient (Wildman–Crippen LogP) is 4.32. The topological polar surface area (TPSA) is 38.8 Å². The van der Waals surface area contributed by atoms with Gasteiger partial charge < -0.3 is 15.1 Å². The molecule has 2 saturated heterocycles. The Balaban J connectivity index is 1.42. The average molecular weight is 485 g/mol. The Morgan fingerprint density at radius 1 is 1.06 bits per heavy atom. The molecule has 5 nitrogen and oxygen atoms in total. The molecule has 0 unspecified atom stereocenters. The second kappa shape index (κ2) is 10.00. The number of hydrogen-bond donors (Lipinski definition) is 1. The summed E-state index contributed by atoms with van der Waals surface area (Å²) < 4.78 is 0. The van der Waals surface area contributed by atoms with Crippen LogP contribution in [0.2, 0.25) is 5.02 Å². The maximum Gasteiger partial charge on any atom is 0.242 e. The second-order valence-electron chi connectivity index (χ2n) is 9.78. The van der Waals surface area contributed by atoms with Gasteiger partial charge in [0.25, 0.3) is 0 Å². The molecule has 0 saturated carbocycles. The van der Waals surface area contributed by atoms with Crippen molar-refractivity contribution in [3.8, 4) is 0 Å². The van der Waals surface area contributed by atoms with E-state index in [1.165, 1.54) is 11.1 Å². The molecule has 1 N–H and O–H groups in total. The number of hydrogen-bond acceptors (Lipinski definition) is 3. The first-order chi connectivity index (χ1) is 15.7. The summed E-state index contributed by atoms with van der Waals surface area (Å²) in [6.45, 7) is 9.85. The fourth-order valence-electron chi connectivity index (χ4n) is 5.06. The molecular weight excluding hydrogens is 452 g/mol. The van der Waals surface area contributed by atoms with E-state index in [2.05, 4.69) is 67.4 Å². The molecule has 0 bridgehead atoms. The molecule has 0 aromatic heterocycles. The van der Waals surface area contributed by atoms with Crippen molar-refractivity contribution in [2.24, 2.45) is 0 Å². The second-order valence-corrected chi connectivity index (χ2v) is 10.6. The van der Waals surface area contributed by atoms with Crippen molar-refractivity contribution in [1.82, 2.24) is 20.0 Å². The third-order valence-corrected chi connectivity index (χ3v) is 7.27. The van der Waals surface area contributed by atoms with Gasteiger partial charge in [-0.3, -0.25) is 9.69 Å². The SMILES string of the molecule is C[C@H]1CC(C)(C)NC(=S)N1CC(=O)N1CCN([C@H](c2ccccc2)c2ccc(Cl)cc2)CC1. The van der Waals surface area contributed by atoms with Gasteiger partial charge >= 0.3 is 0 Å².